The van der Waals surface area contributed by atoms with Crippen molar-refractivity contribution in [1.29, 1.82) is 0 Å². The largest absolute Gasteiger partial charge is 0.454 e. The fourth-order valence-electron chi connectivity index (χ4n) is 5.23. The van der Waals surface area contributed by atoms with Crippen molar-refractivity contribution in [2.45, 2.75) is 44.6 Å². The highest BCUT2D eigenvalue weighted by Gasteiger charge is 2.59. The molecule has 28 heavy (non-hydrogen) atoms. The number of benzene rings is 1. The molecule has 1 N–H and O–H groups in total. The van der Waals surface area contributed by atoms with Gasteiger partial charge < -0.3 is 9.52 Å². The molecule has 0 radical (unpaired) electrons. The number of imidazole rings is 1. The van der Waals surface area contributed by atoms with E-state index in [1.54, 1.807) is 0 Å². The van der Waals surface area contributed by atoms with Crippen LogP contribution < -0.4 is 0 Å². The highest BCUT2D eigenvalue weighted by Crippen LogP contribution is 2.64. The van der Waals surface area contributed by atoms with Gasteiger partial charge in [0.15, 0.2) is 11.4 Å². The summed E-state index contributed by atoms with van der Waals surface area (Å²) < 4.78 is 7.90. The molecule has 6 rings (SSSR count). The second-order valence-corrected chi connectivity index (χ2v) is 8.47. The Labute approximate surface area is 163 Å². The van der Waals surface area contributed by atoms with Gasteiger partial charge >= 0.3 is 0 Å². The van der Waals surface area contributed by atoms with E-state index < -0.39 is 0 Å². The molecule has 5 heteroatoms. The zero-order chi connectivity index (χ0) is 18.7. The summed E-state index contributed by atoms with van der Waals surface area (Å²) in [4.78, 5) is 4.49. The van der Waals surface area contributed by atoms with Gasteiger partial charge in [-0.05, 0) is 67.7 Å². The van der Waals surface area contributed by atoms with Gasteiger partial charge in [-0.1, -0.05) is 24.6 Å². The quantitative estimate of drug-likeness (QED) is 0.567. The highest BCUT2D eigenvalue weighted by atomic mass is 16.3. The predicted octanol–water partition coefficient (Wildman–Crippen LogP) is 4.63. The van der Waals surface area contributed by atoms with Crippen LogP contribution in [0.1, 0.15) is 37.8 Å². The Kier molecular flexibility index (Phi) is 3.45. The lowest BCUT2D eigenvalue weighted by molar-refractivity contribution is 0.109. The van der Waals surface area contributed by atoms with E-state index in [-0.39, 0.29) is 11.5 Å². The number of aryl methyl sites for hydroxylation is 1. The van der Waals surface area contributed by atoms with Crippen molar-refractivity contribution < 1.29 is 9.52 Å². The molecule has 0 amide bonds. The van der Waals surface area contributed by atoms with Gasteiger partial charge in [0.05, 0.1) is 18.0 Å². The number of furan rings is 1. The van der Waals surface area contributed by atoms with Crippen molar-refractivity contribution >= 4 is 16.6 Å². The van der Waals surface area contributed by atoms with Crippen molar-refractivity contribution in [3.63, 3.8) is 0 Å². The van der Waals surface area contributed by atoms with Gasteiger partial charge in [0.25, 0.3) is 0 Å². The van der Waals surface area contributed by atoms with Crippen LogP contribution in [0.5, 0.6) is 0 Å². The van der Waals surface area contributed by atoms with E-state index in [0.29, 0.717) is 5.92 Å². The average molecular weight is 373 g/mol. The summed E-state index contributed by atoms with van der Waals surface area (Å²) in [6, 6.07) is 14.2. The first-order chi connectivity index (χ1) is 13.7. The van der Waals surface area contributed by atoms with Crippen molar-refractivity contribution in [3.05, 3.63) is 54.4 Å². The van der Waals surface area contributed by atoms with E-state index in [4.69, 9.17) is 9.52 Å². The zero-order valence-corrected chi connectivity index (χ0v) is 15.7. The Morgan fingerprint density at radius 2 is 2.14 bits per heavy atom. The minimum atomic E-state index is -0.0822. The molecule has 2 saturated carbocycles. The minimum absolute atomic E-state index is 0.0822. The number of para-hydroxylation sites is 1. The van der Waals surface area contributed by atoms with E-state index in [1.165, 1.54) is 19.3 Å². The molecule has 0 aliphatic heterocycles. The molecule has 3 heterocycles. The lowest BCUT2D eigenvalue weighted by atomic mass is 9.97. The molecule has 0 bridgehead atoms. The lowest BCUT2D eigenvalue weighted by Gasteiger charge is -2.14. The molecule has 2 aliphatic carbocycles. The van der Waals surface area contributed by atoms with E-state index in [2.05, 4.69) is 11.1 Å². The number of aliphatic hydroxyl groups excluding tert-OH is 1. The molecule has 1 spiro atoms. The normalized spacial score (nSPS) is 26.6. The summed E-state index contributed by atoms with van der Waals surface area (Å²) in [6.07, 6.45) is 8.33. The highest BCUT2D eigenvalue weighted by molar-refractivity contribution is 5.82. The molecule has 1 aromatic carbocycles. The third-order valence-electron chi connectivity index (χ3n) is 6.91. The Morgan fingerprint density at radius 1 is 1.21 bits per heavy atom. The smallest absolute Gasteiger partial charge is 0.155 e. The lowest BCUT2D eigenvalue weighted by Crippen LogP contribution is -2.16. The maximum absolute atomic E-state index is 10.3. The monoisotopic (exact) mass is 373 g/mol. The van der Waals surface area contributed by atoms with Gasteiger partial charge in [-0.2, -0.15) is 5.10 Å². The van der Waals surface area contributed by atoms with Gasteiger partial charge in [-0.15, -0.1) is 0 Å². The van der Waals surface area contributed by atoms with Crippen molar-refractivity contribution in [3.8, 4) is 11.5 Å². The number of aliphatic hydroxyl groups is 1. The van der Waals surface area contributed by atoms with Crippen molar-refractivity contribution in [1.82, 2.24) is 14.6 Å². The summed E-state index contributed by atoms with van der Waals surface area (Å²) >= 11 is 0. The van der Waals surface area contributed by atoms with Crippen LogP contribution in [0.3, 0.4) is 0 Å². The minimum Gasteiger partial charge on any atom is -0.454 e. The van der Waals surface area contributed by atoms with Crippen LogP contribution in [-0.2, 0) is 6.42 Å². The van der Waals surface area contributed by atoms with Gasteiger partial charge in [-0.3, -0.25) is 0 Å². The number of hydrogen-bond donors (Lipinski definition) is 1. The Balaban J connectivity index is 1.27. The summed E-state index contributed by atoms with van der Waals surface area (Å²) in [7, 11) is 0. The maximum Gasteiger partial charge on any atom is 0.155 e. The summed E-state index contributed by atoms with van der Waals surface area (Å²) in [6.45, 7) is 0. The Morgan fingerprint density at radius 3 is 3.00 bits per heavy atom. The number of aromatic nitrogens is 3. The van der Waals surface area contributed by atoms with E-state index in [1.807, 2.05) is 47.1 Å². The second kappa shape index (κ2) is 5.92. The molecule has 4 aromatic rings. The van der Waals surface area contributed by atoms with Gasteiger partial charge in [0.2, 0.25) is 0 Å². The predicted molar refractivity (Wildman–Crippen MR) is 107 cm³/mol. The van der Waals surface area contributed by atoms with Crippen molar-refractivity contribution in [2.24, 2.45) is 11.3 Å². The first-order valence-corrected chi connectivity index (χ1v) is 10.2. The van der Waals surface area contributed by atoms with Crippen LogP contribution in [0.2, 0.25) is 0 Å². The molecule has 3 atom stereocenters. The van der Waals surface area contributed by atoms with Crippen LogP contribution in [0.25, 0.3) is 28.1 Å². The number of fused-ring (bicyclic) bond motifs is 2. The molecular formula is C23H23N3O2. The maximum atomic E-state index is 10.3. The molecule has 2 aliphatic rings. The number of nitrogens with zero attached hydrogens (tertiary/aromatic N) is 3. The topological polar surface area (TPSA) is 63.6 Å². The number of rotatable bonds is 4. The fraction of sp³-hybridized carbons (Fsp3) is 0.391. The van der Waals surface area contributed by atoms with Gasteiger partial charge in [-0.25, -0.2) is 9.50 Å². The molecule has 0 unspecified atom stereocenters. The first-order valence-electron chi connectivity index (χ1n) is 10.2. The molecular weight excluding hydrogens is 350 g/mol. The third kappa shape index (κ3) is 2.42. The van der Waals surface area contributed by atoms with E-state index in [9.17, 15) is 5.11 Å². The second-order valence-electron chi connectivity index (χ2n) is 8.47. The zero-order valence-electron chi connectivity index (χ0n) is 15.7. The molecule has 142 valence electrons. The Bertz CT molecular complexity index is 1140. The summed E-state index contributed by atoms with van der Waals surface area (Å²) in [5, 5.41) is 16.2. The fourth-order valence-corrected chi connectivity index (χ4v) is 5.23. The molecule has 0 saturated heterocycles. The summed E-state index contributed by atoms with van der Waals surface area (Å²) in [5.74, 6) is 1.44. The van der Waals surface area contributed by atoms with Gasteiger partial charge in [0.1, 0.15) is 11.3 Å². The van der Waals surface area contributed by atoms with Crippen LogP contribution in [-0.4, -0.2) is 25.8 Å². The van der Waals surface area contributed by atoms with E-state index in [0.717, 1.165) is 53.0 Å². The molecule has 3 aromatic heterocycles. The Hall–Kier alpha value is -2.66. The number of hydrogen-bond acceptors (Lipinski definition) is 4. The first kappa shape index (κ1) is 16.3. The van der Waals surface area contributed by atoms with Crippen molar-refractivity contribution in [2.75, 3.05) is 0 Å². The average Bonchev–Trinajstić information content (AvgIpc) is 3.04. The van der Waals surface area contributed by atoms with Crippen LogP contribution >= 0.6 is 0 Å². The SMILES string of the molecule is O[C@@H]1CCC[C@@]12C[C@@H]2CCc1ccc2ncc(-c3cc4ccccc4o3)n2n1. The van der Waals surface area contributed by atoms with Crippen LogP contribution in [0.15, 0.2) is 53.1 Å². The van der Waals surface area contributed by atoms with Crippen LogP contribution in [0, 0.1) is 11.3 Å². The standard InChI is InChI=1S/C23H23N3O2/c27-21-6-3-11-23(21)13-16(23)7-8-17-9-10-22-24-14-18(26(22)25-17)20-12-15-4-1-2-5-19(15)28-20/h1-2,4-5,9-10,12,14,16,21,27H,3,6-8,11,13H2/t16-,21+,23-/m0/s1. The molecule has 5 nitrogen and oxygen atoms in total. The summed E-state index contributed by atoms with van der Waals surface area (Å²) in [5.41, 5.74) is 3.88. The van der Waals surface area contributed by atoms with Crippen LogP contribution in [0.4, 0.5) is 0 Å². The van der Waals surface area contributed by atoms with Gasteiger partial charge in [0, 0.05) is 5.39 Å². The van der Waals surface area contributed by atoms with E-state index >= 15 is 0 Å². The molecule has 2 fully saturated rings. The third-order valence-corrected chi connectivity index (χ3v) is 6.91.